The number of nitrogens with zero attached hydrogens (tertiary/aromatic N) is 2. The molecule has 98 valence electrons. The molecule has 3 rings (SSSR count). The number of ether oxygens (including phenoxy) is 1. The van der Waals surface area contributed by atoms with Gasteiger partial charge >= 0.3 is 0 Å². The van der Waals surface area contributed by atoms with Crippen molar-refractivity contribution in [3.63, 3.8) is 0 Å². The minimum absolute atomic E-state index is 0.298. The third-order valence-electron chi connectivity index (χ3n) is 2.62. The summed E-state index contributed by atoms with van der Waals surface area (Å²) in [5.41, 5.74) is 6.47. The van der Waals surface area contributed by atoms with Crippen LogP contribution in [-0.2, 0) is 6.54 Å². The van der Waals surface area contributed by atoms with Gasteiger partial charge in [-0.05, 0) is 28.1 Å². The van der Waals surface area contributed by atoms with Gasteiger partial charge in [0.1, 0.15) is 17.3 Å². The Morgan fingerprint density at radius 3 is 3.05 bits per heavy atom. The number of thiazole rings is 1. The molecular formula is C12H9BrFN3OS. The Balaban J connectivity index is 2.00. The normalized spacial score (nSPS) is 11.1. The number of nitrogens with two attached hydrogens (primary N) is 1. The van der Waals surface area contributed by atoms with Gasteiger partial charge in [-0.25, -0.2) is 4.39 Å². The number of imidazole rings is 1. The van der Waals surface area contributed by atoms with Crippen LogP contribution in [0, 0.1) is 5.82 Å². The zero-order chi connectivity index (χ0) is 13.4. The zero-order valence-corrected chi connectivity index (χ0v) is 12.0. The molecule has 2 N–H and O–H groups in total. The van der Waals surface area contributed by atoms with Crippen LogP contribution in [0.3, 0.4) is 0 Å². The first-order chi connectivity index (χ1) is 9.19. The highest BCUT2D eigenvalue weighted by atomic mass is 79.9. The van der Waals surface area contributed by atoms with E-state index in [-0.39, 0.29) is 5.82 Å². The number of halogens is 2. The Hall–Kier alpha value is -1.44. The molecular weight excluding hydrogens is 333 g/mol. The number of rotatable bonds is 3. The van der Waals surface area contributed by atoms with E-state index in [9.17, 15) is 4.39 Å². The maximum Gasteiger partial charge on any atom is 0.243 e. The van der Waals surface area contributed by atoms with Gasteiger partial charge in [-0.3, -0.25) is 4.40 Å². The van der Waals surface area contributed by atoms with Crippen molar-refractivity contribution in [2.75, 3.05) is 0 Å². The van der Waals surface area contributed by atoms with Crippen molar-refractivity contribution in [1.82, 2.24) is 9.38 Å². The van der Waals surface area contributed by atoms with Gasteiger partial charge in [0.05, 0.1) is 4.47 Å². The SMILES string of the molecule is NCc1c(Oc2ccc(Br)c(F)c2)nc2sccn12. The summed E-state index contributed by atoms with van der Waals surface area (Å²) >= 11 is 4.58. The van der Waals surface area contributed by atoms with E-state index in [4.69, 9.17) is 10.5 Å². The van der Waals surface area contributed by atoms with Gasteiger partial charge in [-0.2, -0.15) is 4.98 Å². The Morgan fingerprint density at radius 2 is 2.32 bits per heavy atom. The van der Waals surface area contributed by atoms with Crippen molar-refractivity contribution >= 4 is 32.2 Å². The van der Waals surface area contributed by atoms with Crippen molar-refractivity contribution in [3.05, 3.63) is 45.8 Å². The molecule has 0 spiro atoms. The maximum atomic E-state index is 13.4. The summed E-state index contributed by atoms with van der Waals surface area (Å²) in [4.78, 5) is 5.14. The van der Waals surface area contributed by atoms with Crippen LogP contribution in [0.2, 0.25) is 0 Å². The first-order valence-electron chi connectivity index (χ1n) is 5.46. The lowest BCUT2D eigenvalue weighted by Crippen LogP contribution is -2.01. The molecule has 0 bridgehead atoms. The van der Waals surface area contributed by atoms with E-state index in [0.29, 0.717) is 22.6 Å². The first kappa shape index (κ1) is 12.6. The molecule has 3 aromatic rings. The topological polar surface area (TPSA) is 52.5 Å². The van der Waals surface area contributed by atoms with E-state index in [1.54, 1.807) is 12.1 Å². The van der Waals surface area contributed by atoms with E-state index in [1.807, 2.05) is 16.0 Å². The summed E-state index contributed by atoms with van der Waals surface area (Å²) in [5.74, 6) is 0.421. The van der Waals surface area contributed by atoms with Crippen LogP contribution < -0.4 is 10.5 Å². The zero-order valence-electron chi connectivity index (χ0n) is 9.64. The molecule has 4 nitrogen and oxygen atoms in total. The highest BCUT2D eigenvalue weighted by molar-refractivity contribution is 9.10. The number of benzene rings is 1. The molecule has 19 heavy (non-hydrogen) atoms. The fourth-order valence-corrected chi connectivity index (χ4v) is 2.70. The largest absolute Gasteiger partial charge is 0.437 e. The Bertz CT molecular complexity index is 740. The molecule has 2 aromatic heterocycles. The number of fused-ring (bicyclic) bond motifs is 1. The van der Waals surface area contributed by atoms with Gasteiger partial charge in [0.15, 0.2) is 4.96 Å². The van der Waals surface area contributed by atoms with Gasteiger partial charge in [-0.1, -0.05) is 0 Å². The van der Waals surface area contributed by atoms with E-state index >= 15 is 0 Å². The first-order valence-corrected chi connectivity index (χ1v) is 7.13. The molecule has 0 saturated carbocycles. The lowest BCUT2D eigenvalue weighted by atomic mass is 10.3. The van der Waals surface area contributed by atoms with Crippen molar-refractivity contribution in [3.8, 4) is 11.6 Å². The minimum Gasteiger partial charge on any atom is -0.437 e. The van der Waals surface area contributed by atoms with Gasteiger partial charge in [0.2, 0.25) is 5.88 Å². The van der Waals surface area contributed by atoms with Crippen molar-refractivity contribution < 1.29 is 9.13 Å². The van der Waals surface area contributed by atoms with Crippen LogP contribution in [0.1, 0.15) is 5.69 Å². The second kappa shape index (κ2) is 4.92. The second-order valence-corrected chi connectivity index (χ2v) is 5.53. The molecule has 0 amide bonds. The number of aromatic nitrogens is 2. The van der Waals surface area contributed by atoms with Crippen molar-refractivity contribution in [2.45, 2.75) is 6.54 Å². The molecule has 0 unspecified atom stereocenters. The fourth-order valence-electron chi connectivity index (χ4n) is 1.73. The molecule has 1 aromatic carbocycles. The Labute approximate surface area is 120 Å². The molecule has 0 aliphatic carbocycles. The number of hydrogen-bond donors (Lipinski definition) is 1. The van der Waals surface area contributed by atoms with Gasteiger partial charge < -0.3 is 10.5 Å². The summed E-state index contributed by atoms with van der Waals surface area (Å²) in [6.07, 6.45) is 1.88. The third kappa shape index (κ3) is 2.24. The van der Waals surface area contributed by atoms with E-state index in [0.717, 1.165) is 10.7 Å². The third-order valence-corrected chi connectivity index (χ3v) is 4.02. The summed E-state index contributed by atoms with van der Waals surface area (Å²) in [5, 5.41) is 1.92. The molecule has 0 aliphatic rings. The average molecular weight is 342 g/mol. The van der Waals surface area contributed by atoms with E-state index in [2.05, 4.69) is 20.9 Å². The smallest absolute Gasteiger partial charge is 0.243 e. The highest BCUT2D eigenvalue weighted by Gasteiger charge is 2.14. The van der Waals surface area contributed by atoms with E-state index < -0.39 is 0 Å². The average Bonchev–Trinajstić information content (AvgIpc) is 2.94. The summed E-state index contributed by atoms with van der Waals surface area (Å²) < 4.78 is 21.3. The van der Waals surface area contributed by atoms with Crippen LogP contribution >= 0.6 is 27.3 Å². The predicted molar refractivity (Wildman–Crippen MR) is 75.1 cm³/mol. The standard InChI is InChI=1S/C12H9BrFN3OS/c13-8-2-1-7(5-9(8)14)18-11-10(6-15)17-3-4-19-12(17)16-11/h1-5H,6,15H2. The summed E-state index contributed by atoms with van der Waals surface area (Å²) in [7, 11) is 0. The van der Waals surface area contributed by atoms with Crippen LogP contribution in [-0.4, -0.2) is 9.38 Å². The molecule has 0 saturated heterocycles. The fraction of sp³-hybridized carbons (Fsp3) is 0.0833. The van der Waals surface area contributed by atoms with Crippen LogP contribution in [0.25, 0.3) is 4.96 Å². The highest BCUT2D eigenvalue weighted by Crippen LogP contribution is 2.29. The summed E-state index contributed by atoms with van der Waals surface area (Å²) in [6, 6.07) is 4.56. The number of hydrogen-bond acceptors (Lipinski definition) is 4. The minimum atomic E-state index is -0.382. The van der Waals surface area contributed by atoms with Gasteiger partial charge in [-0.15, -0.1) is 11.3 Å². The van der Waals surface area contributed by atoms with Crippen LogP contribution in [0.4, 0.5) is 4.39 Å². The molecule has 0 radical (unpaired) electrons. The van der Waals surface area contributed by atoms with Gasteiger partial charge in [0, 0.05) is 24.2 Å². The lowest BCUT2D eigenvalue weighted by Gasteiger charge is -2.05. The lowest BCUT2D eigenvalue weighted by molar-refractivity contribution is 0.454. The molecule has 0 aliphatic heterocycles. The molecule has 2 heterocycles. The Morgan fingerprint density at radius 1 is 1.47 bits per heavy atom. The summed E-state index contributed by atoms with van der Waals surface area (Å²) in [6.45, 7) is 0.298. The monoisotopic (exact) mass is 341 g/mol. The van der Waals surface area contributed by atoms with Gasteiger partial charge in [0.25, 0.3) is 0 Å². The quantitative estimate of drug-likeness (QED) is 0.792. The maximum absolute atomic E-state index is 13.4. The second-order valence-electron chi connectivity index (χ2n) is 3.80. The molecule has 0 atom stereocenters. The van der Waals surface area contributed by atoms with Crippen molar-refractivity contribution in [2.24, 2.45) is 5.73 Å². The van der Waals surface area contributed by atoms with Crippen LogP contribution in [0.5, 0.6) is 11.6 Å². The predicted octanol–water partition coefficient (Wildman–Crippen LogP) is 3.55. The Kier molecular flexibility index (Phi) is 3.26. The molecule has 7 heteroatoms. The van der Waals surface area contributed by atoms with E-state index in [1.165, 1.54) is 17.4 Å². The van der Waals surface area contributed by atoms with Crippen LogP contribution in [0.15, 0.2) is 34.2 Å². The van der Waals surface area contributed by atoms with Crippen molar-refractivity contribution in [1.29, 1.82) is 0 Å². The molecule has 0 fully saturated rings.